The van der Waals surface area contributed by atoms with Gasteiger partial charge in [-0.25, -0.2) is 0 Å². The van der Waals surface area contributed by atoms with Gasteiger partial charge in [0, 0.05) is 16.8 Å². The maximum Gasteiger partial charge on any atom is 0.318 e. The molecule has 2 rings (SSSR count). The first-order valence-electron chi connectivity index (χ1n) is 8.76. The Labute approximate surface area is 154 Å². The second-order valence-corrected chi connectivity index (χ2v) is 7.92. The minimum Gasteiger partial charge on any atom is -0.393 e. The number of aryl methyl sites for hydroxylation is 1. The molecule has 0 atom stereocenters. The standard InChI is InChI=1S/C19H27ClN2O3/c1-19(2,3)18(24)25-17(23)7-4-13-12-14(20)5-6-16(13)22-15-8-10-21-11-9-15/h5-6,12,15,21-22H,4,7-11H2,1-3H3. The van der Waals surface area contributed by atoms with Crippen molar-refractivity contribution in [2.24, 2.45) is 5.41 Å². The maximum atomic E-state index is 12.0. The van der Waals surface area contributed by atoms with E-state index in [1.807, 2.05) is 18.2 Å². The van der Waals surface area contributed by atoms with Crippen molar-refractivity contribution in [1.82, 2.24) is 5.32 Å². The molecule has 0 aromatic heterocycles. The zero-order valence-electron chi connectivity index (χ0n) is 15.2. The van der Waals surface area contributed by atoms with E-state index in [-0.39, 0.29) is 6.42 Å². The second-order valence-electron chi connectivity index (χ2n) is 7.48. The average molecular weight is 367 g/mol. The van der Waals surface area contributed by atoms with Gasteiger partial charge in [0.2, 0.25) is 0 Å². The number of hydrogen-bond acceptors (Lipinski definition) is 5. The van der Waals surface area contributed by atoms with Crippen LogP contribution in [0.25, 0.3) is 0 Å². The summed E-state index contributed by atoms with van der Waals surface area (Å²) >= 11 is 6.11. The monoisotopic (exact) mass is 366 g/mol. The van der Waals surface area contributed by atoms with Gasteiger partial charge in [0.05, 0.1) is 11.8 Å². The van der Waals surface area contributed by atoms with Gasteiger partial charge in [0.25, 0.3) is 0 Å². The van der Waals surface area contributed by atoms with Gasteiger partial charge in [0.15, 0.2) is 0 Å². The SMILES string of the molecule is CC(C)(C)C(=O)OC(=O)CCc1cc(Cl)ccc1NC1CCNCC1. The third-order valence-corrected chi connectivity index (χ3v) is 4.42. The molecule has 1 heterocycles. The number of nitrogens with one attached hydrogen (secondary N) is 2. The van der Waals surface area contributed by atoms with Gasteiger partial charge in [0.1, 0.15) is 0 Å². The number of carbonyl (C=O) groups excluding carboxylic acids is 2. The van der Waals surface area contributed by atoms with Crippen LogP contribution in [-0.2, 0) is 20.7 Å². The molecule has 0 unspecified atom stereocenters. The Hall–Kier alpha value is -1.59. The quantitative estimate of drug-likeness (QED) is 0.616. The lowest BCUT2D eigenvalue weighted by Gasteiger charge is -2.26. The zero-order valence-corrected chi connectivity index (χ0v) is 15.9. The number of carbonyl (C=O) groups is 2. The summed E-state index contributed by atoms with van der Waals surface area (Å²) in [6.45, 7) is 7.17. The molecular weight excluding hydrogens is 340 g/mol. The van der Waals surface area contributed by atoms with Crippen molar-refractivity contribution in [3.63, 3.8) is 0 Å². The Balaban J connectivity index is 1.97. The second kappa shape index (κ2) is 8.68. The highest BCUT2D eigenvalue weighted by Crippen LogP contribution is 2.24. The van der Waals surface area contributed by atoms with Crippen molar-refractivity contribution >= 4 is 29.2 Å². The molecule has 25 heavy (non-hydrogen) atoms. The molecule has 0 spiro atoms. The van der Waals surface area contributed by atoms with Crippen molar-refractivity contribution < 1.29 is 14.3 Å². The molecule has 0 saturated carbocycles. The van der Waals surface area contributed by atoms with Crippen molar-refractivity contribution in [3.8, 4) is 0 Å². The summed E-state index contributed by atoms with van der Waals surface area (Å²) in [5.41, 5.74) is 1.27. The lowest BCUT2D eigenvalue weighted by atomic mass is 9.97. The fraction of sp³-hybridized carbons (Fsp3) is 0.579. The third-order valence-electron chi connectivity index (χ3n) is 4.18. The molecule has 1 saturated heterocycles. The molecule has 0 bridgehead atoms. The number of anilines is 1. The van der Waals surface area contributed by atoms with Crippen LogP contribution >= 0.6 is 11.6 Å². The van der Waals surface area contributed by atoms with Crippen LogP contribution in [0, 0.1) is 5.41 Å². The van der Waals surface area contributed by atoms with Crippen LogP contribution in [0.2, 0.25) is 5.02 Å². The Kier molecular flexibility index (Phi) is 6.85. The number of rotatable bonds is 5. The predicted octanol–water partition coefficient (Wildman–Crippen LogP) is 3.55. The highest BCUT2D eigenvalue weighted by Gasteiger charge is 2.25. The Bertz CT molecular complexity index is 620. The third kappa shape index (κ3) is 6.33. The molecule has 1 fully saturated rings. The average Bonchev–Trinajstić information content (AvgIpc) is 2.55. The molecule has 1 aliphatic heterocycles. The molecule has 6 heteroatoms. The summed E-state index contributed by atoms with van der Waals surface area (Å²) in [6.07, 6.45) is 2.74. The number of esters is 2. The van der Waals surface area contributed by atoms with Crippen LogP contribution < -0.4 is 10.6 Å². The van der Waals surface area contributed by atoms with Crippen molar-refractivity contribution in [1.29, 1.82) is 0 Å². The predicted molar refractivity (Wildman–Crippen MR) is 99.8 cm³/mol. The fourth-order valence-electron chi connectivity index (χ4n) is 2.64. The lowest BCUT2D eigenvalue weighted by molar-refractivity contribution is -0.165. The van der Waals surface area contributed by atoms with Crippen LogP contribution in [0.15, 0.2) is 18.2 Å². The minimum absolute atomic E-state index is 0.142. The molecule has 0 radical (unpaired) electrons. The molecule has 0 amide bonds. The van der Waals surface area contributed by atoms with Crippen molar-refractivity contribution in [3.05, 3.63) is 28.8 Å². The maximum absolute atomic E-state index is 12.0. The van der Waals surface area contributed by atoms with Crippen LogP contribution in [-0.4, -0.2) is 31.1 Å². The zero-order chi connectivity index (χ0) is 18.4. The van der Waals surface area contributed by atoms with E-state index in [9.17, 15) is 9.59 Å². The summed E-state index contributed by atoms with van der Waals surface area (Å²) in [4.78, 5) is 23.7. The highest BCUT2D eigenvalue weighted by molar-refractivity contribution is 6.30. The lowest BCUT2D eigenvalue weighted by Crippen LogP contribution is -2.35. The van der Waals surface area contributed by atoms with Crippen molar-refractivity contribution in [2.45, 2.75) is 52.5 Å². The van der Waals surface area contributed by atoms with Gasteiger partial charge >= 0.3 is 11.9 Å². The van der Waals surface area contributed by atoms with E-state index < -0.39 is 17.4 Å². The van der Waals surface area contributed by atoms with Crippen molar-refractivity contribution in [2.75, 3.05) is 18.4 Å². The van der Waals surface area contributed by atoms with E-state index >= 15 is 0 Å². The van der Waals surface area contributed by atoms with Gasteiger partial charge in [-0.05, 0) is 76.9 Å². The first-order chi connectivity index (χ1) is 11.8. The molecule has 1 aromatic carbocycles. The minimum atomic E-state index is -0.687. The number of benzene rings is 1. The van der Waals surface area contributed by atoms with Crippen LogP contribution in [0.1, 0.15) is 45.6 Å². The topological polar surface area (TPSA) is 67.4 Å². The van der Waals surface area contributed by atoms with Gasteiger partial charge < -0.3 is 15.4 Å². The summed E-state index contributed by atoms with van der Waals surface area (Å²) in [6, 6.07) is 6.07. The van der Waals surface area contributed by atoms with Crippen LogP contribution in [0.3, 0.4) is 0 Å². The molecular formula is C19H27ClN2O3. The summed E-state index contributed by atoms with van der Waals surface area (Å²) in [7, 11) is 0. The highest BCUT2D eigenvalue weighted by atomic mass is 35.5. The number of hydrogen-bond donors (Lipinski definition) is 2. The Morgan fingerprint density at radius 2 is 1.96 bits per heavy atom. The van der Waals surface area contributed by atoms with Gasteiger partial charge in [-0.15, -0.1) is 0 Å². The molecule has 2 N–H and O–H groups in total. The van der Waals surface area contributed by atoms with E-state index in [1.54, 1.807) is 20.8 Å². The Morgan fingerprint density at radius 3 is 2.60 bits per heavy atom. The summed E-state index contributed by atoms with van der Waals surface area (Å²) in [5, 5.41) is 7.52. The molecule has 1 aliphatic rings. The fourth-order valence-corrected chi connectivity index (χ4v) is 2.84. The van der Waals surface area contributed by atoms with E-state index in [0.717, 1.165) is 37.2 Å². The van der Waals surface area contributed by atoms with Crippen LogP contribution in [0.5, 0.6) is 0 Å². The molecule has 0 aliphatic carbocycles. The van der Waals surface area contributed by atoms with E-state index in [2.05, 4.69) is 10.6 Å². The first kappa shape index (κ1) is 19.7. The van der Waals surface area contributed by atoms with Gasteiger partial charge in [-0.3, -0.25) is 9.59 Å². The van der Waals surface area contributed by atoms with Gasteiger partial charge in [-0.2, -0.15) is 0 Å². The summed E-state index contributed by atoms with van der Waals surface area (Å²) in [5.74, 6) is -1.01. The number of piperidine rings is 1. The largest absolute Gasteiger partial charge is 0.393 e. The van der Waals surface area contributed by atoms with E-state index in [1.165, 1.54) is 0 Å². The van der Waals surface area contributed by atoms with E-state index in [4.69, 9.17) is 16.3 Å². The summed E-state index contributed by atoms with van der Waals surface area (Å²) < 4.78 is 4.92. The van der Waals surface area contributed by atoms with Crippen LogP contribution in [0.4, 0.5) is 5.69 Å². The molecule has 1 aromatic rings. The molecule has 5 nitrogen and oxygen atoms in total. The number of ether oxygens (including phenoxy) is 1. The Morgan fingerprint density at radius 1 is 1.28 bits per heavy atom. The smallest absolute Gasteiger partial charge is 0.318 e. The van der Waals surface area contributed by atoms with Gasteiger partial charge in [-0.1, -0.05) is 11.6 Å². The molecule has 138 valence electrons. The normalized spacial score (nSPS) is 15.7. The van der Waals surface area contributed by atoms with E-state index in [0.29, 0.717) is 17.5 Å². The first-order valence-corrected chi connectivity index (χ1v) is 9.14. The number of halogens is 1.